The zero-order valence-electron chi connectivity index (χ0n) is 7.60. The Hall–Kier alpha value is -0.161. The van der Waals surface area contributed by atoms with Crippen molar-refractivity contribution in [2.45, 2.75) is 4.90 Å². The van der Waals surface area contributed by atoms with Crippen LogP contribution in [0.4, 0.5) is 0 Å². The molecule has 1 atom stereocenters. The molecule has 0 bridgehead atoms. The van der Waals surface area contributed by atoms with Gasteiger partial charge in [-0.3, -0.25) is 0 Å². The summed E-state index contributed by atoms with van der Waals surface area (Å²) in [5.74, 6) is 1.61. The van der Waals surface area contributed by atoms with Crippen LogP contribution < -0.4 is 13.9 Å². The van der Waals surface area contributed by atoms with Crippen LogP contribution >= 0.6 is 10.8 Å². The van der Waals surface area contributed by atoms with Crippen LogP contribution in [0.25, 0.3) is 0 Å². The number of methoxy groups -OCH3 is 2. The quantitative estimate of drug-likeness (QED) is 0.595. The standard InChI is InChI=1S/C8H8O3S2Se/c1-10-5-3-4-6(11-2)8-7(5)12-13(9)14-8/h3-4H,1-2H3. The number of rotatable bonds is 2. The minimum absolute atomic E-state index is 0.0279. The van der Waals surface area contributed by atoms with Crippen LogP contribution in [0.3, 0.4) is 0 Å². The molecule has 6 heteroatoms. The second-order valence-corrected chi connectivity index (χ2v) is 10.3. The topological polar surface area (TPSA) is 35.5 Å². The van der Waals surface area contributed by atoms with Gasteiger partial charge in [0.25, 0.3) is 0 Å². The molecule has 0 aromatic heterocycles. The summed E-state index contributed by atoms with van der Waals surface area (Å²) in [5.41, 5.74) is 0. The number of fused-ring (bicyclic) bond motifs is 1. The number of ether oxygens (including phenoxy) is 2. The third-order valence-electron chi connectivity index (χ3n) is 1.78. The fourth-order valence-electron chi connectivity index (χ4n) is 1.16. The van der Waals surface area contributed by atoms with Gasteiger partial charge in [0, 0.05) is 0 Å². The molecular weight excluding hydrogens is 287 g/mol. The molecule has 1 unspecified atom stereocenters. The van der Waals surface area contributed by atoms with E-state index in [2.05, 4.69) is 0 Å². The normalized spacial score (nSPS) is 19.1. The van der Waals surface area contributed by atoms with E-state index >= 15 is 0 Å². The van der Waals surface area contributed by atoms with Crippen molar-refractivity contribution < 1.29 is 13.7 Å². The molecule has 0 radical (unpaired) electrons. The molecule has 0 saturated carbocycles. The van der Waals surface area contributed by atoms with E-state index in [0.717, 1.165) is 20.9 Å². The first-order valence-corrected chi connectivity index (χ1v) is 9.16. The van der Waals surface area contributed by atoms with Crippen molar-refractivity contribution in [1.82, 2.24) is 0 Å². The molecule has 1 aliphatic heterocycles. The van der Waals surface area contributed by atoms with E-state index in [1.807, 2.05) is 12.1 Å². The van der Waals surface area contributed by atoms with Crippen molar-refractivity contribution in [3.63, 3.8) is 0 Å². The van der Waals surface area contributed by atoms with Gasteiger partial charge in [-0.2, -0.15) is 0 Å². The zero-order valence-corrected chi connectivity index (χ0v) is 11.0. The SMILES string of the molecule is COc1ccc(OC)c2c1SS(=O)[Se]2. The summed E-state index contributed by atoms with van der Waals surface area (Å²) in [7, 11) is 3.79. The Balaban J connectivity index is 2.55. The van der Waals surface area contributed by atoms with Crippen molar-refractivity contribution in [2.24, 2.45) is 0 Å². The molecule has 2 rings (SSSR count). The van der Waals surface area contributed by atoms with Crippen LogP contribution in [0.1, 0.15) is 0 Å². The van der Waals surface area contributed by atoms with Gasteiger partial charge in [-0.1, -0.05) is 0 Å². The Bertz CT molecular complexity index is 359. The molecule has 3 nitrogen and oxygen atoms in total. The monoisotopic (exact) mass is 296 g/mol. The molecule has 1 aromatic carbocycles. The van der Waals surface area contributed by atoms with Crippen LogP contribution in [0.2, 0.25) is 0 Å². The predicted octanol–water partition coefficient (Wildman–Crippen LogP) is 0.718. The summed E-state index contributed by atoms with van der Waals surface area (Å²) in [6.07, 6.45) is 0. The molecule has 0 amide bonds. The summed E-state index contributed by atoms with van der Waals surface area (Å²) in [5, 5.41) is 0. The molecule has 1 heterocycles. The van der Waals surface area contributed by atoms with Gasteiger partial charge in [-0.05, 0) is 0 Å². The molecule has 1 aliphatic rings. The van der Waals surface area contributed by atoms with E-state index in [1.165, 1.54) is 10.8 Å². The summed E-state index contributed by atoms with van der Waals surface area (Å²) in [4.78, 5) is 0.977. The van der Waals surface area contributed by atoms with Gasteiger partial charge in [0.05, 0.1) is 0 Å². The van der Waals surface area contributed by atoms with Crippen LogP contribution in [0.5, 0.6) is 11.5 Å². The molecule has 0 aliphatic carbocycles. The first-order valence-electron chi connectivity index (χ1n) is 3.79. The van der Waals surface area contributed by atoms with Crippen molar-refractivity contribution in [1.29, 1.82) is 0 Å². The zero-order chi connectivity index (χ0) is 10.1. The Morgan fingerprint density at radius 2 is 1.93 bits per heavy atom. The maximum atomic E-state index is 11.4. The first kappa shape index (κ1) is 10.4. The first-order chi connectivity index (χ1) is 6.76. The van der Waals surface area contributed by atoms with Crippen molar-refractivity contribution >= 4 is 37.3 Å². The Morgan fingerprint density at radius 3 is 2.57 bits per heavy atom. The molecule has 0 saturated heterocycles. The number of hydrogen-bond donors (Lipinski definition) is 0. The molecule has 76 valence electrons. The van der Waals surface area contributed by atoms with Gasteiger partial charge in [-0.25, -0.2) is 0 Å². The third kappa shape index (κ3) is 1.67. The van der Waals surface area contributed by atoms with Gasteiger partial charge >= 0.3 is 93.8 Å². The summed E-state index contributed by atoms with van der Waals surface area (Å²) < 4.78 is 22.9. The maximum absolute atomic E-state index is 11.4. The van der Waals surface area contributed by atoms with Gasteiger partial charge in [0.2, 0.25) is 0 Å². The van der Waals surface area contributed by atoms with Crippen LogP contribution in [-0.4, -0.2) is 32.3 Å². The Morgan fingerprint density at radius 1 is 1.29 bits per heavy atom. The van der Waals surface area contributed by atoms with E-state index in [4.69, 9.17) is 9.47 Å². The minimum atomic E-state index is -0.824. The van der Waals surface area contributed by atoms with Crippen LogP contribution in [0.15, 0.2) is 17.0 Å². The van der Waals surface area contributed by atoms with E-state index in [1.54, 1.807) is 14.2 Å². The summed E-state index contributed by atoms with van der Waals surface area (Å²) in [6, 6.07) is 3.71. The average molecular weight is 295 g/mol. The van der Waals surface area contributed by atoms with Crippen LogP contribution in [0, 0.1) is 0 Å². The van der Waals surface area contributed by atoms with Gasteiger partial charge < -0.3 is 0 Å². The van der Waals surface area contributed by atoms with E-state index in [9.17, 15) is 4.21 Å². The second-order valence-electron chi connectivity index (χ2n) is 2.50. The third-order valence-corrected chi connectivity index (χ3v) is 9.09. The molecule has 0 spiro atoms. The van der Waals surface area contributed by atoms with Gasteiger partial charge in [-0.15, -0.1) is 0 Å². The Kier molecular flexibility index (Phi) is 3.07. The molecule has 0 N–H and O–H groups in total. The number of hydrogen-bond acceptors (Lipinski definition) is 4. The Labute approximate surface area is 93.6 Å². The van der Waals surface area contributed by atoms with E-state index in [0.29, 0.717) is 0 Å². The fourth-order valence-corrected chi connectivity index (χ4v) is 9.56. The number of benzene rings is 1. The summed E-state index contributed by atoms with van der Waals surface area (Å²) in [6.45, 7) is 0. The summed E-state index contributed by atoms with van der Waals surface area (Å²) >= 11 is -0.0279. The van der Waals surface area contributed by atoms with E-state index in [-0.39, 0.29) is 13.8 Å². The van der Waals surface area contributed by atoms with Gasteiger partial charge in [0.15, 0.2) is 0 Å². The van der Waals surface area contributed by atoms with Crippen LogP contribution in [-0.2, 0) is 8.25 Å². The fraction of sp³-hybridized carbons (Fsp3) is 0.250. The average Bonchev–Trinajstić information content (AvgIpc) is 2.57. The predicted molar refractivity (Wildman–Crippen MR) is 58.9 cm³/mol. The van der Waals surface area contributed by atoms with Crippen molar-refractivity contribution in [3.8, 4) is 11.5 Å². The second kappa shape index (κ2) is 4.14. The van der Waals surface area contributed by atoms with E-state index < -0.39 is 8.25 Å². The molecule has 1 aromatic rings. The van der Waals surface area contributed by atoms with Gasteiger partial charge in [0.1, 0.15) is 0 Å². The molecule has 0 fully saturated rings. The van der Waals surface area contributed by atoms with Crippen molar-refractivity contribution in [3.05, 3.63) is 12.1 Å². The van der Waals surface area contributed by atoms with Crippen molar-refractivity contribution in [2.75, 3.05) is 14.2 Å². The molecule has 14 heavy (non-hydrogen) atoms. The molecular formula is C8H8O3S2Se.